The van der Waals surface area contributed by atoms with Crippen molar-refractivity contribution in [3.63, 3.8) is 0 Å². The number of rotatable bonds is 6. The maximum Gasteiger partial charge on any atom is 0.252 e. The second-order valence-electron chi connectivity index (χ2n) is 6.48. The lowest BCUT2D eigenvalue weighted by Crippen LogP contribution is -2.41. The number of ether oxygens (including phenoxy) is 1. The largest absolute Gasteiger partial charge is 0.496 e. The highest BCUT2D eigenvalue weighted by atomic mass is 16.5. The number of nitrogens with two attached hydrogens (primary N) is 1. The third-order valence-corrected chi connectivity index (χ3v) is 4.59. The Morgan fingerprint density at radius 2 is 2.08 bits per heavy atom. The molecule has 5 nitrogen and oxygen atoms in total. The van der Waals surface area contributed by atoms with Gasteiger partial charge in [0.2, 0.25) is 0 Å². The Morgan fingerprint density at radius 3 is 2.80 bits per heavy atom. The van der Waals surface area contributed by atoms with Crippen molar-refractivity contribution in [3.8, 4) is 5.75 Å². The summed E-state index contributed by atoms with van der Waals surface area (Å²) in [6.45, 7) is 3.09. The number of likely N-dealkylation sites (tertiary alicyclic amines) is 1. The molecule has 1 unspecified atom stereocenters. The van der Waals surface area contributed by atoms with E-state index >= 15 is 0 Å². The maximum absolute atomic E-state index is 11.4. The molecule has 1 fully saturated rings. The summed E-state index contributed by atoms with van der Waals surface area (Å²) >= 11 is 0. The van der Waals surface area contributed by atoms with Gasteiger partial charge in [0.05, 0.1) is 12.7 Å². The van der Waals surface area contributed by atoms with Gasteiger partial charge in [-0.25, -0.2) is 0 Å². The van der Waals surface area contributed by atoms with E-state index < -0.39 is 5.91 Å². The van der Waals surface area contributed by atoms with Gasteiger partial charge in [-0.1, -0.05) is 30.3 Å². The minimum Gasteiger partial charge on any atom is -0.496 e. The maximum atomic E-state index is 11.4. The van der Waals surface area contributed by atoms with E-state index in [-0.39, 0.29) is 0 Å². The number of methoxy groups -OCH3 is 1. The fourth-order valence-corrected chi connectivity index (χ4v) is 3.38. The van der Waals surface area contributed by atoms with E-state index in [1.54, 1.807) is 13.2 Å². The van der Waals surface area contributed by atoms with Gasteiger partial charge in [-0.15, -0.1) is 0 Å². The van der Waals surface area contributed by atoms with Gasteiger partial charge in [-0.05, 0) is 37.1 Å². The van der Waals surface area contributed by atoms with Crippen molar-refractivity contribution in [1.82, 2.24) is 4.90 Å². The Bertz CT molecular complexity index is 718. The van der Waals surface area contributed by atoms with Crippen molar-refractivity contribution in [2.24, 2.45) is 5.73 Å². The first-order valence-electron chi connectivity index (χ1n) is 8.66. The van der Waals surface area contributed by atoms with Crippen molar-refractivity contribution < 1.29 is 9.53 Å². The molecule has 2 aromatic carbocycles. The Hall–Kier alpha value is -2.53. The molecule has 5 heteroatoms. The summed E-state index contributed by atoms with van der Waals surface area (Å²) in [5, 5.41) is 3.56. The number of nitrogens with zero attached hydrogens (tertiary/aromatic N) is 1. The van der Waals surface area contributed by atoms with E-state index in [1.807, 2.05) is 18.2 Å². The van der Waals surface area contributed by atoms with Crippen LogP contribution in [0.3, 0.4) is 0 Å². The molecule has 0 aromatic heterocycles. The molecule has 0 bridgehead atoms. The highest BCUT2D eigenvalue weighted by molar-refractivity contribution is 5.96. The lowest BCUT2D eigenvalue weighted by Gasteiger charge is -2.33. The number of hydrogen-bond donors (Lipinski definition) is 2. The summed E-state index contributed by atoms with van der Waals surface area (Å²) in [7, 11) is 1.55. The van der Waals surface area contributed by atoms with E-state index in [9.17, 15) is 4.79 Å². The normalized spacial score (nSPS) is 17.9. The summed E-state index contributed by atoms with van der Waals surface area (Å²) in [5.41, 5.74) is 8.07. The molecule has 2 aromatic rings. The van der Waals surface area contributed by atoms with Crippen LogP contribution in [0.2, 0.25) is 0 Å². The molecule has 1 aliphatic heterocycles. The van der Waals surface area contributed by atoms with Crippen LogP contribution in [0.15, 0.2) is 48.5 Å². The van der Waals surface area contributed by atoms with Crippen molar-refractivity contribution >= 4 is 11.6 Å². The van der Waals surface area contributed by atoms with Gasteiger partial charge in [0.25, 0.3) is 5.91 Å². The molecule has 25 heavy (non-hydrogen) atoms. The molecule has 0 spiro atoms. The molecule has 132 valence electrons. The lowest BCUT2D eigenvalue weighted by molar-refractivity contribution is 0.0997. The number of anilines is 1. The summed E-state index contributed by atoms with van der Waals surface area (Å²) in [6, 6.07) is 16.4. The number of benzene rings is 2. The average molecular weight is 339 g/mol. The summed E-state index contributed by atoms with van der Waals surface area (Å²) < 4.78 is 5.29. The van der Waals surface area contributed by atoms with E-state index in [2.05, 4.69) is 34.5 Å². The van der Waals surface area contributed by atoms with E-state index in [0.29, 0.717) is 17.4 Å². The van der Waals surface area contributed by atoms with Gasteiger partial charge in [0, 0.05) is 30.9 Å². The van der Waals surface area contributed by atoms with Crippen LogP contribution in [0, 0.1) is 0 Å². The van der Waals surface area contributed by atoms with Crippen molar-refractivity contribution in [2.45, 2.75) is 25.4 Å². The lowest BCUT2D eigenvalue weighted by atomic mass is 10.0. The van der Waals surface area contributed by atoms with Crippen LogP contribution in [0.4, 0.5) is 5.69 Å². The zero-order valence-corrected chi connectivity index (χ0v) is 14.6. The highest BCUT2D eigenvalue weighted by Crippen LogP contribution is 2.25. The molecule has 0 saturated carbocycles. The second-order valence-corrected chi connectivity index (χ2v) is 6.48. The monoisotopic (exact) mass is 339 g/mol. The smallest absolute Gasteiger partial charge is 0.252 e. The topological polar surface area (TPSA) is 67.6 Å². The number of carbonyl (C=O) groups excluding carboxylic acids is 1. The predicted octanol–water partition coefficient (Wildman–Crippen LogP) is 2.87. The second kappa shape index (κ2) is 8.03. The summed E-state index contributed by atoms with van der Waals surface area (Å²) in [6.07, 6.45) is 2.30. The minimum absolute atomic E-state index is 0.376. The number of primary amides is 1. The first-order valence-corrected chi connectivity index (χ1v) is 8.66. The van der Waals surface area contributed by atoms with Crippen molar-refractivity contribution in [1.29, 1.82) is 0 Å². The molecule has 0 radical (unpaired) electrons. The van der Waals surface area contributed by atoms with Crippen LogP contribution in [0.25, 0.3) is 0 Å². The van der Waals surface area contributed by atoms with E-state index in [4.69, 9.17) is 10.5 Å². The van der Waals surface area contributed by atoms with Crippen LogP contribution in [0.1, 0.15) is 28.8 Å². The van der Waals surface area contributed by atoms with Gasteiger partial charge in [-0.3, -0.25) is 9.69 Å². The fourth-order valence-electron chi connectivity index (χ4n) is 3.38. The summed E-state index contributed by atoms with van der Waals surface area (Å²) in [4.78, 5) is 13.9. The first-order chi connectivity index (χ1) is 12.2. The molecule has 1 saturated heterocycles. The Morgan fingerprint density at radius 1 is 1.28 bits per heavy atom. The van der Waals surface area contributed by atoms with Crippen LogP contribution in [0.5, 0.6) is 5.75 Å². The van der Waals surface area contributed by atoms with Gasteiger partial charge in [-0.2, -0.15) is 0 Å². The third-order valence-electron chi connectivity index (χ3n) is 4.59. The van der Waals surface area contributed by atoms with E-state index in [0.717, 1.165) is 31.7 Å². The quantitative estimate of drug-likeness (QED) is 0.849. The Kier molecular flexibility index (Phi) is 5.56. The van der Waals surface area contributed by atoms with E-state index in [1.165, 1.54) is 12.0 Å². The van der Waals surface area contributed by atoms with Gasteiger partial charge >= 0.3 is 0 Å². The Balaban J connectivity index is 1.63. The van der Waals surface area contributed by atoms with Crippen molar-refractivity contribution in [3.05, 3.63) is 59.7 Å². The molecule has 1 atom stereocenters. The predicted molar refractivity (Wildman–Crippen MR) is 99.9 cm³/mol. The molecule has 1 heterocycles. The SMILES string of the molecule is COc1cc(NC2CCCN(Cc3ccccc3)C2)ccc1C(N)=O. The van der Waals surface area contributed by atoms with Gasteiger partial charge in [0.15, 0.2) is 0 Å². The van der Waals surface area contributed by atoms with Crippen LogP contribution < -0.4 is 15.8 Å². The third kappa shape index (κ3) is 4.51. The number of carbonyl (C=O) groups is 1. The molecule has 1 amide bonds. The molecule has 1 aliphatic rings. The summed E-state index contributed by atoms with van der Waals surface area (Å²) in [5.74, 6) is 0.0320. The molecule has 0 aliphatic carbocycles. The fraction of sp³-hybridized carbons (Fsp3) is 0.350. The number of amides is 1. The molecular weight excluding hydrogens is 314 g/mol. The average Bonchev–Trinajstić information content (AvgIpc) is 2.62. The number of piperidine rings is 1. The van der Waals surface area contributed by atoms with Crippen LogP contribution in [-0.4, -0.2) is 37.0 Å². The molecular formula is C20H25N3O2. The highest BCUT2D eigenvalue weighted by Gasteiger charge is 2.20. The zero-order valence-electron chi connectivity index (χ0n) is 14.6. The van der Waals surface area contributed by atoms with Crippen LogP contribution >= 0.6 is 0 Å². The first kappa shape index (κ1) is 17.3. The zero-order chi connectivity index (χ0) is 17.6. The minimum atomic E-state index is -0.477. The van der Waals surface area contributed by atoms with Gasteiger partial charge < -0.3 is 15.8 Å². The van der Waals surface area contributed by atoms with Crippen molar-refractivity contribution in [2.75, 3.05) is 25.5 Å². The van der Waals surface area contributed by atoms with Gasteiger partial charge in [0.1, 0.15) is 5.75 Å². The number of nitrogens with one attached hydrogen (secondary N) is 1. The molecule has 3 N–H and O–H groups in total. The number of hydrogen-bond acceptors (Lipinski definition) is 4. The molecule has 3 rings (SSSR count). The van der Waals surface area contributed by atoms with Crippen LogP contribution in [-0.2, 0) is 6.54 Å². The standard InChI is InChI=1S/C20H25N3O2/c1-25-19-12-16(9-10-18(19)20(21)24)22-17-8-5-11-23(14-17)13-15-6-3-2-4-7-15/h2-4,6-7,9-10,12,17,22H,5,8,11,13-14H2,1H3,(H2,21,24). The Labute approximate surface area is 148 Å².